The number of carbonyl (C=O) groups excluding carboxylic acids is 1. The molecule has 1 aliphatic rings. The highest BCUT2D eigenvalue weighted by molar-refractivity contribution is 8.14. The molecule has 1 saturated heterocycles. The van der Waals surface area contributed by atoms with Gasteiger partial charge >= 0.3 is 6.36 Å². The van der Waals surface area contributed by atoms with Gasteiger partial charge in [-0.25, -0.2) is 14.7 Å². The number of alkyl halides is 3. The second-order valence-corrected chi connectivity index (χ2v) is 12.0. The highest BCUT2D eigenvalue weighted by Gasteiger charge is 2.31. The molecule has 3 aromatic carbocycles. The number of para-hydroxylation sites is 1. The molecular formula is C33H35F3N8O2S. The van der Waals surface area contributed by atoms with Crippen molar-refractivity contribution >= 4 is 34.7 Å². The van der Waals surface area contributed by atoms with Gasteiger partial charge in [-0.05, 0) is 86.7 Å². The Morgan fingerprint density at radius 2 is 1.87 bits per heavy atom. The molecule has 1 aromatic heterocycles. The largest absolute Gasteiger partial charge is 0.573 e. The molecule has 246 valence electrons. The minimum Gasteiger partial charge on any atom is -0.406 e. The normalized spacial score (nSPS) is 15.0. The molecule has 0 spiro atoms. The van der Waals surface area contributed by atoms with Crippen molar-refractivity contribution in [2.45, 2.75) is 33.1 Å². The number of nitrogens with one attached hydrogen (secondary N) is 3. The Kier molecular flexibility index (Phi) is 10.9. The Balaban J connectivity index is 1.25. The Hall–Kier alpha value is -4.69. The lowest BCUT2D eigenvalue weighted by Crippen LogP contribution is -2.38. The lowest BCUT2D eigenvalue weighted by atomic mass is 10.00. The fourth-order valence-electron chi connectivity index (χ4n) is 5.12. The van der Waals surface area contributed by atoms with Crippen molar-refractivity contribution < 1.29 is 22.7 Å². The zero-order chi connectivity index (χ0) is 33.4. The van der Waals surface area contributed by atoms with Crippen LogP contribution in [0.5, 0.6) is 5.75 Å². The average Bonchev–Trinajstić information content (AvgIpc) is 3.55. The summed E-state index contributed by atoms with van der Waals surface area (Å²) < 4.78 is 42.8. The van der Waals surface area contributed by atoms with Gasteiger partial charge in [0.2, 0.25) is 5.91 Å². The SMILES string of the molecule is Cc1cccc(C)c1N(/N=C\c1ccc(-c2ncn(-c3ccc(OC(F)(F)F)cc3)n2)cc1)C(=N)SCC(=O)NC[C@@H]1CCCNC1. The van der Waals surface area contributed by atoms with Crippen molar-refractivity contribution in [3.05, 3.63) is 89.7 Å². The van der Waals surface area contributed by atoms with Crippen molar-refractivity contribution in [3.8, 4) is 22.8 Å². The zero-order valence-corrected chi connectivity index (χ0v) is 26.7. The van der Waals surface area contributed by atoms with Gasteiger partial charge in [-0.3, -0.25) is 10.2 Å². The van der Waals surface area contributed by atoms with E-state index < -0.39 is 6.36 Å². The number of aromatic nitrogens is 3. The minimum atomic E-state index is -4.76. The van der Waals surface area contributed by atoms with Crippen molar-refractivity contribution in [1.29, 1.82) is 5.41 Å². The molecule has 0 aliphatic carbocycles. The third-order valence-electron chi connectivity index (χ3n) is 7.49. The van der Waals surface area contributed by atoms with Gasteiger partial charge in [-0.2, -0.15) is 5.10 Å². The van der Waals surface area contributed by atoms with Crippen molar-refractivity contribution in [3.63, 3.8) is 0 Å². The van der Waals surface area contributed by atoms with E-state index in [0.717, 1.165) is 65.6 Å². The summed E-state index contributed by atoms with van der Waals surface area (Å²) in [6.07, 6.45) is 0.563. The number of hydrogen-bond acceptors (Lipinski definition) is 8. The highest BCUT2D eigenvalue weighted by atomic mass is 32.2. The number of hydrogen-bond donors (Lipinski definition) is 3. The molecule has 3 N–H and O–H groups in total. The van der Waals surface area contributed by atoms with Crippen molar-refractivity contribution in [2.24, 2.45) is 11.0 Å². The van der Waals surface area contributed by atoms with Crippen LogP contribution in [-0.4, -0.2) is 63.8 Å². The van der Waals surface area contributed by atoms with Crippen molar-refractivity contribution in [2.75, 3.05) is 30.4 Å². The maximum atomic E-state index is 12.6. The van der Waals surface area contributed by atoms with E-state index >= 15 is 0 Å². The molecule has 14 heteroatoms. The summed E-state index contributed by atoms with van der Waals surface area (Å²) in [6, 6.07) is 18.5. The van der Waals surface area contributed by atoms with Crippen LogP contribution in [0, 0.1) is 25.2 Å². The van der Waals surface area contributed by atoms with Crippen LogP contribution in [0.2, 0.25) is 0 Å². The Morgan fingerprint density at radius 1 is 1.15 bits per heavy atom. The van der Waals surface area contributed by atoms with E-state index in [1.54, 1.807) is 11.2 Å². The van der Waals surface area contributed by atoms with Gasteiger partial charge in [-0.15, -0.1) is 18.3 Å². The number of nitrogens with zero attached hydrogens (tertiary/aromatic N) is 5. The van der Waals surface area contributed by atoms with E-state index in [1.165, 1.54) is 35.3 Å². The van der Waals surface area contributed by atoms with E-state index in [1.807, 2.05) is 56.3 Å². The smallest absolute Gasteiger partial charge is 0.406 e. The Morgan fingerprint density at radius 3 is 2.53 bits per heavy atom. The van der Waals surface area contributed by atoms with Gasteiger partial charge in [0.25, 0.3) is 0 Å². The fraction of sp³-hybridized carbons (Fsp3) is 0.303. The molecule has 1 aliphatic heterocycles. The maximum absolute atomic E-state index is 12.6. The van der Waals surface area contributed by atoms with Gasteiger partial charge in [0.15, 0.2) is 11.0 Å². The van der Waals surface area contributed by atoms with Crippen LogP contribution in [0.4, 0.5) is 18.9 Å². The molecule has 5 rings (SSSR count). The summed E-state index contributed by atoms with van der Waals surface area (Å²) >= 11 is 1.12. The van der Waals surface area contributed by atoms with E-state index in [4.69, 9.17) is 5.41 Å². The van der Waals surface area contributed by atoms with E-state index in [-0.39, 0.29) is 22.6 Å². The van der Waals surface area contributed by atoms with Crippen LogP contribution in [0.15, 0.2) is 78.2 Å². The van der Waals surface area contributed by atoms with Crippen molar-refractivity contribution in [1.82, 2.24) is 25.4 Å². The van der Waals surface area contributed by atoms with Gasteiger partial charge in [0, 0.05) is 12.1 Å². The fourth-order valence-corrected chi connectivity index (χ4v) is 5.75. The third-order valence-corrected chi connectivity index (χ3v) is 8.34. The number of thioether (sulfide) groups is 1. The summed E-state index contributed by atoms with van der Waals surface area (Å²) in [7, 11) is 0. The number of rotatable bonds is 10. The quantitative estimate of drug-likeness (QED) is 0.107. The van der Waals surface area contributed by atoms with Crippen LogP contribution in [-0.2, 0) is 4.79 Å². The molecule has 4 aromatic rings. The first-order valence-electron chi connectivity index (χ1n) is 15.0. The second-order valence-electron chi connectivity index (χ2n) is 11.1. The number of anilines is 1. The summed E-state index contributed by atoms with van der Waals surface area (Å²) in [6.45, 7) is 6.46. The monoisotopic (exact) mass is 664 g/mol. The van der Waals surface area contributed by atoms with E-state index in [9.17, 15) is 18.0 Å². The lowest BCUT2D eigenvalue weighted by Gasteiger charge is -2.24. The summed E-state index contributed by atoms with van der Waals surface area (Å²) in [5.74, 6) is 0.521. The predicted molar refractivity (Wildman–Crippen MR) is 178 cm³/mol. The van der Waals surface area contributed by atoms with Crippen LogP contribution in [0.1, 0.15) is 29.5 Å². The molecule has 0 unspecified atom stereocenters. The highest BCUT2D eigenvalue weighted by Crippen LogP contribution is 2.28. The second kappa shape index (κ2) is 15.3. The predicted octanol–water partition coefficient (Wildman–Crippen LogP) is 6.07. The molecule has 1 atom stereocenters. The topological polar surface area (TPSA) is 121 Å². The number of amidine groups is 1. The number of piperidine rings is 1. The van der Waals surface area contributed by atoms with Gasteiger partial charge < -0.3 is 15.4 Å². The Bertz CT molecular complexity index is 1680. The van der Waals surface area contributed by atoms with Crippen LogP contribution < -0.4 is 20.4 Å². The molecule has 1 amide bonds. The number of ether oxygens (including phenoxy) is 1. The number of hydrazone groups is 1. The van der Waals surface area contributed by atoms with Crippen LogP contribution in [0.3, 0.4) is 0 Å². The molecule has 2 heterocycles. The number of halogens is 3. The molecule has 0 bridgehead atoms. The average molecular weight is 665 g/mol. The number of amides is 1. The number of aryl methyl sites for hydroxylation is 2. The Labute approximate surface area is 274 Å². The molecule has 0 radical (unpaired) electrons. The minimum absolute atomic E-state index is 0.107. The number of carbonyl (C=O) groups is 1. The third kappa shape index (κ3) is 9.42. The zero-order valence-electron chi connectivity index (χ0n) is 25.9. The maximum Gasteiger partial charge on any atom is 0.573 e. The molecule has 10 nitrogen and oxygen atoms in total. The first-order chi connectivity index (χ1) is 22.6. The van der Waals surface area contributed by atoms with E-state index in [0.29, 0.717) is 24.0 Å². The molecule has 1 fully saturated rings. The molecule has 0 saturated carbocycles. The van der Waals surface area contributed by atoms with Crippen LogP contribution in [0.25, 0.3) is 17.1 Å². The molecular weight excluding hydrogens is 629 g/mol. The summed E-state index contributed by atoms with van der Waals surface area (Å²) in [5, 5.41) is 26.0. The number of benzene rings is 3. The first-order valence-corrected chi connectivity index (χ1v) is 16.0. The lowest BCUT2D eigenvalue weighted by molar-refractivity contribution is -0.274. The summed E-state index contributed by atoms with van der Waals surface area (Å²) in [4.78, 5) is 16.9. The standard InChI is InChI=1S/C33H35F3N8O2S/c1-22-5-3-6-23(2)30(22)44(32(37)47-20-29(45)39-18-25-7-4-16-38-17-25)41-19-24-8-10-26(11-9-24)31-40-21-43(42-31)27-12-14-28(15-13-27)46-33(34,35)36/h3,5-6,8-15,19,21,25,37-38H,4,7,16-18,20H2,1-2H3,(H,39,45)/b37-32?,41-19-/t25-/m1/s1. The first kappa shape index (κ1) is 33.7. The molecule has 47 heavy (non-hydrogen) atoms. The van der Waals surface area contributed by atoms with Gasteiger partial charge in [0.1, 0.15) is 12.1 Å². The van der Waals surface area contributed by atoms with Gasteiger partial charge in [0.05, 0.1) is 23.3 Å². The van der Waals surface area contributed by atoms with E-state index in [2.05, 4.69) is 30.6 Å². The summed E-state index contributed by atoms with van der Waals surface area (Å²) in [5.41, 5.74) is 4.68. The van der Waals surface area contributed by atoms with Crippen LogP contribution >= 0.6 is 11.8 Å². The van der Waals surface area contributed by atoms with Gasteiger partial charge in [-0.1, -0.05) is 54.2 Å².